The number of aliphatic hydroxyl groups excluding tert-OH is 1. The molecule has 1 aromatic carbocycles. The van der Waals surface area contributed by atoms with Crippen molar-refractivity contribution in [1.82, 2.24) is 15.2 Å². The zero-order chi connectivity index (χ0) is 20.2. The van der Waals surface area contributed by atoms with Crippen molar-refractivity contribution in [2.24, 2.45) is 5.92 Å². The number of hydrogen-bond acceptors (Lipinski definition) is 3. The minimum absolute atomic E-state index is 0.00739. The van der Waals surface area contributed by atoms with Crippen molar-refractivity contribution >= 4 is 16.8 Å². The first-order valence-corrected chi connectivity index (χ1v) is 9.52. The number of likely N-dealkylation sites (N-methyl/N-ethyl adjacent to an activating group) is 1. The van der Waals surface area contributed by atoms with Crippen molar-refractivity contribution in [1.29, 1.82) is 0 Å². The van der Waals surface area contributed by atoms with E-state index in [9.17, 15) is 23.1 Å². The molecule has 1 saturated heterocycles. The van der Waals surface area contributed by atoms with Crippen LogP contribution in [-0.4, -0.2) is 53.2 Å². The fourth-order valence-corrected chi connectivity index (χ4v) is 4.87. The zero-order valence-corrected chi connectivity index (χ0v) is 15.8. The van der Waals surface area contributed by atoms with Crippen LogP contribution in [0.25, 0.3) is 10.9 Å². The SMILES string of the molecule is CC(CO)NC(=O)C1CC2c3cccc4[nH]c(C(F)(F)F)c(c34)CC2N(C)C1. The van der Waals surface area contributed by atoms with Gasteiger partial charge in [0.2, 0.25) is 5.91 Å². The highest BCUT2D eigenvalue weighted by atomic mass is 19.4. The number of halogens is 3. The molecule has 2 heterocycles. The molecular formula is C20H24F3N3O2. The second-order valence-corrected chi connectivity index (χ2v) is 8.09. The van der Waals surface area contributed by atoms with Crippen molar-refractivity contribution in [3.05, 3.63) is 35.0 Å². The molecule has 4 atom stereocenters. The Bertz CT molecular complexity index is 908. The molecule has 0 bridgehead atoms. The van der Waals surface area contributed by atoms with Crippen LogP contribution in [0.2, 0.25) is 0 Å². The van der Waals surface area contributed by atoms with Gasteiger partial charge in [0, 0.05) is 35.4 Å². The average molecular weight is 395 g/mol. The van der Waals surface area contributed by atoms with E-state index in [-0.39, 0.29) is 36.4 Å². The number of piperidine rings is 1. The molecule has 1 fully saturated rings. The van der Waals surface area contributed by atoms with E-state index < -0.39 is 11.9 Å². The van der Waals surface area contributed by atoms with Gasteiger partial charge in [0.15, 0.2) is 0 Å². The van der Waals surface area contributed by atoms with E-state index in [4.69, 9.17) is 0 Å². The van der Waals surface area contributed by atoms with Crippen molar-refractivity contribution in [2.75, 3.05) is 20.2 Å². The third-order valence-electron chi connectivity index (χ3n) is 6.17. The Morgan fingerprint density at radius 3 is 2.86 bits per heavy atom. The maximum absolute atomic E-state index is 13.6. The topological polar surface area (TPSA) is 68.4 Å². The minimum Gasteiger partial charge on any atom is -0.394 e. The first-order chi connectivity index (χ1) is 13.2. The van der Waals surface area contributed by atoms with Crippen molar-refractivity contribution in [3.8, 4) is 0 Å². The Hall–Kier alpha value is -2.06. The number of aliphatic hydroxyl groups is 1. The molecule has 2 aromatic rings. The fraction of sp³-hybridized carbons (Fsp3) is 0.550. The lowest BCUT2D eigenvalue weighted by atomic mass is 9.72. The van der Waals surface area contributed by atoms with Crippen LogP contribution in [0.3, 0.4) is 0 Å². The summed E-state index contributed by atoms with van der Waals surface area (Å²) in [6.45, 7) is 2.09. The molecular weight excluding hydrogens is 371 g/mol. The van der Waals surface area contributed by atoms with E-state index in [0.29, 0.717) is 35.9 Å². The van der Waals surface area contributed by atoms with Gasteiger partial charge in [0.05, 0.1) is 12.5 Å². The third-order valence-corrected chi connectivity index (χ3v) is 6.17. The van der Waals surface area contributed by atoms with Crippen LogP contribution in [0.4, 0.5) is 13.2 Å². The summed E-state index contributed by atoms with van der Waals surface area (Å²) in [5.41, 5.74) is 1.07. The fourth-order valence-electron chi connectivity index (χ4n) is 4.87. The average Bonchev–Trinajstić information content (AvgIpc) is 3.02. The number of alkyl halides is 3. The first-order valence-electron chi connectivity index (χ1n) is 9.52. The summed E-state index contributed by atoms with van der Waals surface area (Å²) < 4.78 is 40.7. The molecule has 0 saturated carbocycles. The standard InChI is InChI=1S/C20H24F3N3O2/c1-10(9-27)24-19(28)11-6-13-12-4-3-5-15-17(12)14(7-16(13)26(2)8-11)18(25-15)20(21,22)23/h3-5,10-11,13,16,25,27H,6-9H2,1-2H3,(H,24,28). The van der Waals surface area contributed by atoms with Crippen LogP contribution in [0.15, 0.2) is 18.2 Å². The lowest BCUT2D eigenvalue weighted by molar-refractivity contribution is -0.141. The van der Waals surface area contributed by atoms with Crippen LogP contribution in [-0.2, 0) is 17.4 Å². The Labute approximate surface area is 160 Å². The summed E-state index contributed by atoms with van der Waals surface area (Å²) in [5, 5.41) is 12.7. The summed E-state index contributed by atoms with van der Waals surface area (Å²) in [7, 11) is 1.87. The molecule has 0 spiro atoms. The van der Waals surface area contributed by atoms with Crippen molar-refractivity contribution < 1.29 is 23.1 Å². The smallest absolute Gasteiger partial charge is 0.394 e. The van der Waals surface area contributed by atoms with E-state index in [1.54, 1.807) is 19.1 Å². The van der Waals surface area contributed by atoms with E-state index >= 15 is 0 Å². The number of benzene rings is 1. The number of hydrogen-bond donors (Lipinski definition) is 3. The van der Waals surface area contributed by atoms with Gasteiger partial charge in [-0.25, -0.2) is 0 Å². The summed E-state index contributed by atoms with van der Waals surface area (Å²) >= 11 is 0. The van der Waals surface area contributed by atoms with Gasteiger partial charge in [-0.15, -0.1) is 0 Å². The van der Waals surface area contributed by atoms with Gasteiger partial charge in [0.1, 0.15) is 5.69 Å². The quantitative estimate of drug-likeness (QED) is 0.749. The third kappa shape index (κ3) is 3.08. The number of H-pyrrole nitrogens is 1. The number of nitrogens with zero attached hydrogens (tertiary/aromatic N) is 1. The number of aromatic nitrogens is 1. The minimum atomic E-state index is -4.42. The monoisotopic (exact) mass is 395 g/mol. The summed E-state index contributed by atoms with van der Waals surface area (Å²) in [5.74, 6) is -0.389. The number of amides is 1. The number of nitrogens with one attached hydrogen (secondary N) is 2. The second kappa shape index (κ2) is 6.77. The molecule has 1 aromatic heterocycles. The highest BCUT2D eigenvalue weighted by molar-refractivity contribution is 5.90. The van der Waals surface area contributed by atoms with Gasteiger partial charge in [-0.1, -0.05) is 12.1 Å². The van der Waals surface area contributed by atoms with Crippen LogP contribution in [0, 0.1) is 5.92 Å². The normalized spacial score (nSPS) is 26.1. The highest BCUT2D eigenvalue weighted by Gasteiger charge is 2.45. The molecule has 1 aliphatic carbocycles. The zero-order valence-electron chi connectivity index (χ0n) is 15.8. The van der Waals surface area contributed by atoms with E-state index in [1.807, 2.05) is 18.0 Å². The summed E-state index contributed by atoms with van der Waals surface area (Å²) in [6.07, 6.45) is -3.52. The lowest BCUT2D eigenvalue weighted by Gasteiger charge is -2.45. The molecule has 152 valence electrons. The van der Waals surface area contributed by atoms with Crippen LogP contribution in [0.5, 0.6) is 0 Å². The van der Waals surface area contributed by atoms with E-state index in [2.05, 4.69) is 10.3 Å². The van der Waals surface area contributed by atoms with Crippen LogP contribution < -0.4 is 5.32 Å². The highest BCUT2D eigenvalue weighted by Crippen LogP contribution is 2.47. The maximum atomic E-state index is 13.6. The number of likely N-dealkylation sites (tertiary alicyclic amines) is 1. The van der Waals surface area contributed by atoms with Gasteiger partial charge < -0.3 is 20.3 Å². The van der Waals surface area contributed by atoms with Crippen LogP contribution in [0.1, 0.15) is 36.1 Å². The number of aromatic amines is 1. The number of rotatable bonds is 3. The predicted molar refractivity (Wildman–Crippen MR) is 99.0 cm³/mol. The number of fused-ring (bicyclic) bond motifs is 2. The van der Waals surface area contributed by atoms with Gasteiger partial charge in [-0.05, 0) is 44.0 Å². The molecule has 4 rings (SSSR count). The van der Waals surface area contributed by atoms with E-state index in [1.165, 1.54) is 0 Å². The Morgan fingerprint density at radius 1 is 1.43 bits per heavy atom. The molecule has 3 N–H and O–H groups in total. The van der Waals surface area contributed by atoms with Gasteiger partial charge >= 0.3 is 6.18 Å². The molecule has 28 heavy (non-hydrogen) atoms. The summed E-state index contributed by atoms with van der Waals surface area (Å²) in [6, 6.07) is 4.95. The van der Waals surface area contributed by atoms with Crippen molar-refractivity contribution in [3.63, 3.8) is 0 Å². The molecule has 4 unspecified atom stereocenters. The Balaban J connectivity index is 1.73. The lowest BCUT2D eigenvalue weighted by Crippen LogP contribution is -2.52. The molecule has 8 heteroatoms. The largest absolute Gasteiger partial charge is 0.431 e. The molecule has 2 aliphatic rings. The van der Waals surface area contributed by atoms with Crippen molar-refractivity contribution in [2.45, 2.75) is 43.9 Å². The molecule has 1 amide bonds. The number of carbonyl (C=O) groups is 1. The van der Waals surface area contributed by atoms with Gasteiger partial charge in [-0.2, -0.15) is 13.2 Å². The first kappa shape index (κ1) is 19.3. The second-order valence-electron chi connectivity index (χ2n) is 8.09. The summed E-state index contributed by atoms with van der Waals surface area (Å²) in [4.78, 5) is 17.2. The van der Waals surface area contributed by atoms with Gasteiger partial charge in [0.25, 0.3) is 0 Å². The predicted octanol–water partition coefficient (Wildman–Crippen LogP) is 2.64. The molecule has 0 radical (unpaired) electrons. The Kier molecular flexibility index (Phi) is 4.66. The van der Waals surface area contributed by atoms with Crippen LogP contribution >= 0.6 is 0 Å². The molecule has 5 nitrogen and oxygen atoms in total. The van der Waals surface area contributed by atoms with E-state index in [0.717, 1.165) is 5.56 Å². The van der Waals surface area contributed by atoms with Gasteiger partial charge in [-0.3, -0.25) is 4.79 Å². The number of carbonyl (C=O) groups excluding carboxylic acids is 1. The maximum Gasteiger partial charge on any atom is 0.431 e. The Morgan fingerprint density at radius 2 is 2.18 bits per heavy atom. The molecule has 1 aliphatic heterocycles.